The Balaban J connectivity index is 1.66. The zero-order valence-corrected chi connectivity index (χ0v) is 10.3. The van der Waals surface area contributed by atoms with Crippen LogP contribution < -0.4 is 5.32 Å². The molecule has 0 radical (unpaired) electrons. The second kappa shape index (κ2) is 3.69. The maximum atomic E-state index is 4.90. The lowest BCUT2D eigenvalue weighted by Gasteiger charge is -2.33. The Labute approximate surface area is 96.3 Å². The van der Waals surface area contributed by atoms with E-state index in [9.17, 15) is 0 Å². The molecule has 1 heterocycles. The fraction of sp³-hybridized carbons (Fsp3) is 0.917. The largest absolute Gasteiger partial charge is 0.360 e. The predicted molar refractivity (Wildman–Crippen MR) is 66.4 cm³/mol. The zero-order chi connectivity index (χ0) is 10.3. The number of nitrogens with zero attached hydrogens (tertiary/aromatic N) is 1. The molecule has 1 aliphatic heterocycles. The van der Waals surface area contributed by atoms with Gasteiger partial charge in [0, 0.05) is 11.3 Å². The number of nitrogens with one attached hydrogen (secondary N) is 1. The summed E-state index contributed by atoms with van der Waals surface area (Å²) in [5.74, 6) is 2.17. The summed E-state index contributed by atoms with van der Waals surface area (Å²) >= 11 is 1.95. The van der Waals surface area contributed by atoms with Crippen LogP contribution in [0.15, 0.2) is 4.99 Å². The summed E-state index contributed by atoms with van der Waals surface area (Å²) in [5.41, 5.74) is 0.396. The van der Waals surface area contributed by atoms with Gasteiger partial charge in [0.05, 0.1) is 6.04 Å². The third kappa shape index (κ3) is 2.17. The van der Waals surface area contributed by atoms with Gasteiger partial charge in [-0.3, -0.25) is 4.99 Å². The van der Waals surface area contributed by atoms with Crippen LogP contribution in [0.2, 0.25) is 0 Å². The normalized spacial score (nSPS) is 37.8. The number of thioether (sulfide) groups is 1. The van der Waals surface area contributed by atoms with Crippen molar-refractivity contribution >= 4 is 16.9 Å². The highest BCUT2D eigenvalue weighted by Gasteiger charge is 2.39. The van der Waals surface area contributed by atoms with Crippen molar-refractivity contribution in [2.45, 2.75) is 57.0 Å². The Kier molecular flexibility index (Phi) is 2.46. The van der Waals surface area contributed by atoms with Crippen molar-refractivity contribution in [1.29, 1.82) is 0 Å². The van der Waals surface area contributed by atoms with Crippen molar-refractivity contribution in [2.75, 3.05) is 5.75 Å². The van der Waals surface area contributed by atoms with Gasteiger partial charge in [-0.15, -0.1) is 0 Å². The Morgan fingerprint density at radius 1 is 1.33 bits per heavy atom. The van der Waals surface area contributed by atoms with Crippen LogP contribution in [0, 0.1) is 5.92 Å². The molecule has 0 amide bonds. The van der Waals surface area contributed by atoms with Crippen LogP contribution in [0.25, 0.3) is 0 Å². The maximum Gasteiger partial charge on any atom is 0.157 e. The van der Waals surface area contributed by atoms with Crippen LogP contribution in [0.5, 0.6) is 0 Å². The molecule has 2 nitrogen and oxygen atoms in total. The van der Waals surface area contributed by atoms with Gasteiger partial charge in [0.1, 0.15) is 0 Å². The molecule has 3 heteroatoms. The monoisotopic (exact) mass is 224 g/mol. The molecule has 0 aromatic carbocycles. The van der Waals surface area contributed by atoms with Crippen LogP contribution >= 0.6 is 11.8 Å². The first-order valence-electron chi connectivity index (χ1n) is 6.24. The molecule has 84 valence electrons. The highest BCUT2D eigenvalue weighted by atomic mass is 32.2. The number of fused-ring (bicyclic) bond motifs is 1. The van der Waals surface area contributed by atoms with Crippen LogP contribution in [0.4, 0.5) is 0 Å². The van der Waals surface area contributed by atoms with E-state index in [4.69, 9.17) is 4.99 Å². The molecular formula is C12H20N2S. The van der Waals surface area contributed by atoms with E-state index in [1.807, 2.05) is 11.8 Å². The van der Waals surface area contributed by atoms with Gasteiger partial charge < -0.3 is 5.32 Å². The zero-order valence-electron chi connectivity index (χ0n) is 9.46. The highest BCUT2D eigenvalue weighted by molar-refractivity contribution is 8.13. The summed E-state index contributed by atoms with van der Waals surface area (Å²) in [7, 11) is 0. The molecule has 0 aromatic heterocycles. The standard InChI is InChI=1S/C12H20N2S/c1-12(6-7-12)14-11-13-10-5-3-2-4-9(10)8-15-11/h9-10H,2-8H2,1H3,(H,13,14). The van der Waals surface area contributed by atoms with E-state index >= 15 is 0 Å². The lowest BCUT2D eigenvalue weighted by molar-refractivity contribution is 0.335. The van der Waals surface area contributed by atoms with Gasteiger partial charge in [0.15, 0.2) is 5.17 Å². The Morgan fingerprint density at radius 2 is 2.13 bits per heavy atom. The summed E-state index contributed by atoms with van der Waals surface area (Å²) in [6, 6.07) is 0.643. The van der Waals surface area contributed by atoms with Crippen molar-refractivity contribution in [2.24, 2.45) is 10.9 Å². The fourth-order valence-electron chi connectivity index (χ4n) is 2.57. The number of hydrogen-bond donors (Lipinski definition) is 1. The molecule has 2 fully saturated rings. The molecule has 2 aliphatic carbocycles. The minimum absolute atomic E-state index is 0.396. The van der Waals surface area contributed by atoms with Gasteiger partial charge in [-0.05, 0) is 38.5 Å². The summed E-state index contributed by atoms with van der Waals surface area (Å²) in [4.78, 5) is 4.90. The fourth-order valence-corrected chi connectivity index (χ4v) is 3.85. The molecule has 0 spiro atoms. The summed E-state index contributed by atoms with van der Waals surface area (Å²) in [5, 5.41) is 4.85. The second-order valence-electron chi connectivity index (χ2n) is 5.54. The van der Waals surface area contributed by atoms with Crippen molar-refractivity contribution < 1.29 is 0 Å². The van der Waals surface area contributed by atoms with Crippen LogP contribution in [-0.4, -0.2) is 22.5 Å². The van der Waals surface area contributed by atoms with E-state index in [-0.39, 0.29) is 0 Å². The van der Waals surface area contributed by atoms with Gasteiger partial charge in [-0.25, -0.2) is 0 Å². The van der Waals surface area contributed by atoms with Gasteiger partial charge in [0.25, 0.3) is 0 Å². The molecule has 3 aliphatic rings. The first kappa shape index (κ1) is 10.0. The number of aliphatic imine (C=N–C) groups is 1. The topological polar surface area (TPSA) is 24.4 Å². The van der Waals surface area contributed by atoms with E-state index in [1.165, 1.54) is 49.4 Å². The van der Waals surface area contributed by atoms with Crippen molar-refractivity contribution in [3.63, 3.8) is 0 Å². The molecule has 2 atom stereocenters. The second-order valence-corrected chi connectivity index (χ2v) is 6.55. The predicted octanol–water partition coefficient (Wildman–Crippen LogP) is 2.79. The van der Waals surface area contributed by atoms with Crippen molar-refractivity contribution in [3.05, 3.63) is 0 Å². The van der Waals surface area contributed by atoms with Gasteiger partial charge in [-0.1, -0.05) is 24.6 Å². The molecule has 15 heavy (non-hydrogen) atoms. The lowest BCUT2D eigenvalue weighted by Crippen LogP contribution is -2.39. The molecular weight excluding hydrogens is 204 g/mol. The summed E-state index contributed by atoms with van der Waals surface area (Å²) in [6.07, 6.45) is 8.19. The molecule has 0 aromatic rings. The number of amidine groups is 1. The van der Waals surface area contributed by atoms with Crippen molar-refractivity contribution in [1.82, 2.24) is 5.32 Å². The number of hydrogen-bond acceptors (Lipinski definition) is 3. The first-order chi connectivity index (χ1) is 7.25. The molecule has 0 bridgehead atoms. The molecule has 2 saturated carbocycles. The summed E-state index contributed by atoms with van der Waals surface area (Å²) in [6.45, 7) is 2.31. The molecule has 0 saturated heterocycles. The lowest BCUT2D eigenvalue weighted by atomic mass is 9.86. The third-order valence-electron chi connectivity index (χ3n) is 3.99. The Hall–Kier alpha value is -0.180. The molecule has 3 rings (SSSR count). The van der Waals surface area contributed by atoms with E-state index < -0.39 is 0 Å². The van der Waals surface area contributed by atoms with Gasteiger partial charge in [0.2, 0.25) is 0 Å². The van der Waals surface area contributed by atoms with E-state index in [0.29, 0.717) is 11.6 Å². The van der Waals surface area contributed by atoms with Crippen LogP contribution in [0.1, 0.15) is 45.4 Å². The van der Waals surface area contributed by atoms with Gasteiger partial charge in [-0.2, -0.15) is 0 Å². The highest BCUT2D eigenvalue weighted by Crippen LogP contribution is 2.38. The smallest absolute Gasteiger partial charge is 0.157 e. The Bertz CT molecular complexity index is 283. The van der Waals surface area contributed by atoms with Crippen molar-refractivity contribution in [3.8, 4) is 0 Å². The van der Waals surface area contributed by atoms with E-state index in [2.05, 4.69) is 12.2 Å². The van der Waals surface area contributed by atoms with Gasteiger partial charge >= 0.3 is 0 Å². The van der Waals surface area contributed by atoms with Crippen LogP contribution in [0.3, 0.4) is 0 Å². The first-order valence-corrected chi connectivity index (χ1v) is 7.23. The molecule has 2 unspecified atom stereocenters. The quantitative estimate of drug-likeness (QED) is 0.740. The number of rotatable bonds is 1. The summed E-state index contributed by atoms with van der Waals surface area (Å²) < 4.78 is 0. The minimum Gasteiger partial charge on any atom is -0.360 e. The SMILES string of the molecule is CC1(NC2=NC3CCCCC3CS2)CC1. The average molecular weight is 224 g/mol. The third-order valence-corrected chi connectivity index (χ3v) is 5.07. The van der Waals surface area contributed by atoms with E-state index in [1.54, 1.807) is 0 Å². The maximum absolute atomic E-state index is 4.90. The average Bonchev–Trinajstić information content (AvgIpc) is 2.96. The molecule has 1 N–H and O–H groups in total. The Morgan fingerprint density at radius 3 is 2.93 bits per heavy atom. The minimum atomic E-state index is 0.396. The van der Waals surface area contributed by atoms with Crippen LogP contribution in [-0.2, 0) is 0 Å². The van der Waals surface area contributed by atoms with E-state index in [0.717, 1.165) is 5.92 Å².